The molecular formula is C15H18N2O3S. The number of sulfone groups is 1. The lowest BCUT2D eigenvalue weighted by atomic mass is 10.1. The first-order valence-electron chi connectivity index (χ1n) is 7.02. The molecule has 0 unspecified atom stereocenters. The molecule has 0 N–H and O–H groups in total. The van der Waals surface area contributed by atoms with Crippen LogP contribution in [-0.2, 0) is 21.3 Å². The van der Waals surface area contributed by atoms with Crippen molar-refractivity contribution in [2.45, 2.75) is 44.1 Å². The van der Waals surface area contributed by atoms with E-state index >= 15 is 0 Å². The van der Waals surface area contributed by atoms with Crippen molar-refractivity contribution >= 4 is 9.84 Å². The second kappa shape index (κ2) is 5.26. The van der Waals surface area contributed by atoms with E-state index in [0.29, 0.717) is 11.7 Å². The number of aromatic nitrogens is 2. The Labute approximate surface area is 124 Å². The lowest BCUT2D eigenvalue weighted by Crippen LogP contribution is -2.09. The van der Waals surface area contributed by atoms with E-state index in [2.05, 4.69) is 10.1 Å². The molecule has 1 aliphatic carbocycles. The molecule has 3 rings (SSSR count). The van der Waals surface area contributed by atoms with Gasteiger partial charge in [-0.2, -0.15) is 4.98 Å². The van der Waals surface area contributed by atoms with Crippen LogP contribution in [0.5, 0.6) is 0 Å². The molecule has 1 heterocycles. The molecule has 1 saturated carbocycles. The van der Waals surface area contributed by atoms with E-state index in [1.165, 1.54) is 0 Å². The maximum absolute atomic E-state index is 12.3. The normalized spacial score (nSPS) is 15.3. The van der Waals surface area contributed by atoms with E-state index in [1.54, 1.807) is 0 Å². The Kier molecular flexibility index (Phi) is 3.57. The summed E-state index contributed by atoms with van der Waals surface area (Å²) in [6, 6.07) is 5.83. The van der Waals surface area contributed by atoms with Crippen LogP contribution in [0.15, 0.2) is 22.7 Å². The summed E-state index contributed by atoms with van der Waals surface area (Å²) in [5.41, 5.74) is 2.87. The highest BCUT2D eigenvalue weighted by Crippen LogP contribution is 2.38. The molecule has 0 radical (unpaired) electrons. The molecule has 1 aliphatic rings. The molecule has 112 valence electrons. The number of nitrogens with zero attached hydrogens (tertiary/aromatic N) is 2. The molecule has 0 spiro atoms. The molecule has 5 nitrogen and oxygen atoms in total. The van der Waals surface area contributed by atoms with Gasteiger partial charge in [-0.15, -0.1) is 0 Å². The van der Waals surface area contributed by atoms with Crippen LogP contribution < -0.4 is 0 Å². The summed E-state index contributed by atoms with van der Waals surface area (Å²) < 4.78 is 29.7. The molecule has 6 heteroatoms. The van der Waals surface area contributed by atoms with Gasteiger partial charge >= 0.3 is 0 Å². The van der Waals surface area contributed by atoms with Crippen LogP contribution in [0.4, 0.5) is 0 Å². The molecule has 1 aromatic carbocycles. The molecular weight excluding hydrogens is 288 g/mol. The summed E-state index contributed by atoms with van der Waals surface area (Å²) in [7, 11) is -3.32. The minimum atomic E-state index is -3.32. The molecule has 0 amide bonds. The van der Waals surface area contributed by atoms with Crippen LogP contribution in [0.1, 0.15) is 47.2 Å². The van der Waals surface area contributed by atoms with Gasteiger partial charge in [-0.25, -0.2) is 8.42 Å². The quantitative estimate of drug-likeness (QED) is 0.849. The molecule has 0 atom stereocenters. The number of hydrogen-bond donors (Lipinski definition) is 0. The Hall–Kier alpha value is -1.69. The predicted molar refractivity (Wildman–Crippen MR) is 78.5 cm³/mol. The van der Waals surface area contributed by atoms with Gasteiger partial charge in [0.15, 0.2) is 15.7 Å². The zero-order chi connectivity index (χ0) is 15.0. The van der Waals surface area contributed by atoms with Gasteiger partial charge in [0.1, 0.15) is 5.75 Å². The van der Waals surface area contributed by atoms with Crippen LogP contribution in [0.25, 0.3) is 0 Å². The summed E-state index contributed by atoms with van der Waals surface area (Å²) in [5.74, 6) is 1.01. The summed E-state index contributed by atoms with van der Waals surface area (Å²) in [5, 5.41) is 3.85. The fraction of sp³-hybridized carbons (Fsp3) is 0.467. The third-order valence-corrected chi connectivity index (χ3v) is 5.09. The van der Waals surface area contributed by atoms with Crippen LogP contribution in [0, 0.1) is 13.8 Å². The fourth-order valence-electron chi connectivity index (χ4n) is 2.27. The van der Waals surface area contributed by atoms with Crippen LogP contribution in [-0.4, -0.2) is 18.6 Å². The van der Waals surface area contributed by atoms with Crippen molar-refractivity contribution in [3.63, 3.8) is 0 Å². The largest absolute Gasteiger partial charge is 0.338 e. The third-order valence-electron chi connectivity index (χ3n) is 3.65. The van der Waals surface area contributed by atoms with Gasteiger partial charge in [-0.1, -0.05) is 28.9 Å². The summed E-state index contributed by atoms with van der Waals surface area (Å²) in [6.45, 7) is 3.87. The average Bonchev–Trinajstić information content (AvgIpc) is 3.15. The Morgan fingerprint density at radius 2 is 2.00 bits per heavy atom. The fourth-order valence-corrected chi connectivity index (χ4v) is 3.65. The summed E-state index contributed by atoms with van der Waals surface area (Å²) in [4.78, 5) is 4.18. The number of aryl methyl sites for hydroxylation is 2. The van der Waals surface area contributed by atoms with Crippen molar-refractivity contribution in [2.75, 3.05) is 0 Å². The lowest BCUT2D eigenvalue weighted by Gasteiger charge is -2.07. The van der Waals surface area contributed by atoms with Crippen molar-refractivity contribution in [1.29, 1.82) is 0 Å². The van der Waals surface area contributed by atoms with E-state index in [1.807, 2.05) is 32.0 Å². The second-order valence-electron chi connectivity index (χ2n) is 5.78. The van der Waals surface area contributed by atoms with Gasteiger partial charge < -0.3 is 4.52 Å². The van der Waals surface area contributed by atoms with Gasteiger partial charge in [-0.3, -0.25) is 0 Å². The van der Waals surface area contributed by atoms with Crippen molar-refractivity contribution < 1.29 is 12.9 Å². The Bertz CT molecular complexity index is 761. The first-order valence-corrected chi connectivity index (χ1v) is 8.84. The van der Waals surface area contributed by atoms with Crippen molar-refractivity contribution in [2.24, 2.45) is 0 Å². The van der Waals surface area contributed by atoms with Gasteiger partial charge in [0.05, 0.1) is 5.75 Å². The van der Waals surface area contributed by atoms with Gasteiger partial charge in [0.2, 0.25) is 5.89 Å². The van der Waals surface area contributed by atoms with E-state index in [9.17, 15) is 8.42 Å². The van der Waals surface area contributed by atoms with E-state index < -0.39 is 9.84 Å². The van der Waals surface area contributed by atoms with E-state index in [4.69, 9.17) is 4.52 Å². The third kappa shape index (κ3) is 3.50. The molecule has 1 aromatic heterocycles. The van der Waals surface area contributed by atoms with Gasteiger partial charge in [0.25, 0.3) is 0 Å². The number of rotatable bonds is 5. The highest BCUT2D eigenvalue weighted by Gasteiger charge is 2.29. The monoisotopic (exact) mass is 306 g/mol. The van der Waals surface area contributed by atoms with Gasteiger partial charge in [-0.05, 0) is 37.8 Å². The summed E-state index contributed by atoms with van der Waals surface area (Å²) in [6.07, 6.45) is 2.13. The minimum absolute atomic E-state index is 0.00164. The van der Waals surface area contributed by atoms with Crippen LogP contribution in [0.2, 0.25) is 0 Å². The highest BCUT2D eigenvalue weighted by atomic mass is 32.2. The molecule has 21 heavy (non-hydrogen) atoms. The second-order valence-corrected chi connectivity index (χ2v) is 7.85. The first-order chi connectivity index (χ1) is 9.93. The van der Waals surface area contributed by atoms with Crippen molar-refractivity contribution in [3.8, 4) is 0 Å². The standard InChI is InChI=1S/C15H18N2O3S/c1-10-3-4-11(2)13(7-10)8-21(18,19)9-14-16-15(17-20-14)12-5-6-12/h3-4,7,12H,5-6,8-9H2,1-2H3. The molecule has 0 bridgehead atoms. The highest BCUT2D eigenvalue weighted by molar-refractivity contribution is 7.89. The Morgan fingerprint density at radius 3 is 2.71 bits per heavy atom. The number of hydrogen-bond acceptors (Lipinski definition) is 5. The maximum atomic E-state index is 12.3. The zero-order valence-electron chi connectivity index (χ0n) is 12.2. The number of benzene rings is 1. The first kappa shape index (κ1) is 14.3. The predicted octanol–water partition coefficient (Wildman–Crippen LogP) is 2.68. The SMILES string of the molecule is Cc1ccc(C)c(CS(=O)(=O)Cc2nc(C3CC3)no2)c1. The van der Waals surface area contributed by atoms with Crippen molar-refractivity contribution in [3.05, 3.63) is 46.6 Å². The van der Waals surface area contributed by atoms with E-state index in [0.717, 1.165) is 29.5 Å². The molecule has 2 aromatic rings. The maximum Gasteiger partial charge on any atom is 0.241 e. The Morgan fingerprint density at radius 1 is 1.24 bits per heavy atom. The van der Waals surface area contributed by atoms with E-state index in [-0.39, 0.29) is 17.4 Å². The molecule has 0 saturated heterocycles. The summed E-state index contributed by atoms with van der Waals surface area (Å²) >= 11 is 0. The molecule has 1 fully saturated rings. The lowest BCUT2D eigenvalue weighted by molar-refractivity contribution is 0.382. The van der Waals surface area contributed by atoms with Crippen LogP contribution in [0.3, 0.4) is 0 Å². The van der Waals surface area contributed by atoms with Crippen molar-refractivity contribution in [1.82, 2.24) is 10.1 Å². The zero-order valence-corrected chi connectivity index (χ0v) is 13.0. The average molecular weight is 306 g/mol. The Balaban J connectivity index is 1.75. The minimum Gasteiger partial charge on any atom is -0.338 e. The smallest absolute Gasteiger partial charge is 0.241 e. The topological polar surface area (TPSA) is 73.1 Å². The van der Waals surface area contributed by atoms with Crippen LogP contribution >= 0.6 is 0 Å². The molecule has 0 aliphatic heterocycles. The van der Waals surface area contributed by atoms with Gasteiger partial charge in [0, 0.05) is 5.92 Å².